The normalized spacial score (nSPS) is 29.7. The van der Waals surface area contributed by atoms with Crippen molar-refractivity contribution in [1.29, 1.82) is 0 Å². The summed E-state index contributed by atoms with van der Waals surface area (Å²) in [6.45, 7) is 1.66. The van der Waals surface area contributed by atoms with Crippen molar-refractivity contribution in [1.82, 2.24) is 4.90 Å². The van der Waals surface area contributed by atoms with E-state index in [1.807, 2.05) is 0 Å². The minimum Gasteiger partial charge on any atom is -0.508 e. The Morgan fingerprint density at radius 3 is 2.38 bits per heavy atom. The van der Waals surface area contributed by atoms with E-state index in [2.05, 4.69) is 0 Å². The second kappa shape index (κ2) is 9.12. The van der Waals surface area contributed by atoms with E-state index in [4.69, 9.17) is 5.73 Å². The molecule has 0 unspecified atom stereocenters. The average Bonchev–Trinajstić information content (AvgIpc) is 2.90. The Kier molecular flexibility index (Phi) is 6.21. The van der Waals surface area contributed by atoms with Gasteiger partial charge in [0.05, 0.1) is 23.6 Å². The van der Waals surface area contributed by atoms with Gasteiger partial charge in [-0.2, -0.15) is 0 Å². The number of primary amides is 1. The van der Waals surface area contributed by atoms with E-state index in [9.17, 15) is 44.7 Å². The largest absolute Gasteiger partial charge is 0.508 e. The van der Waals surface area contributed by atoms with Crippen LogP contribution in [0.5, 0.6) is 5.75 Å². The van der Waals surface area contributed by atoms with Crippen LogP contribution in [0, 0.1) is 11.8 Å². The highest BCUT2D eigenvalue weighted by atomic mass is 16.4. The molecule has 5 rings (SSSR count). The van der Waals surface area contributed by atoms with Gasteiger partial charge in [-0.15, -0.1) is 0 Å². The molecular weight excluding hydrogens is 520 g/mol. The third-order valence-corrected chi connectivity index (χ3v) is 8.46. The van der Waals surface area contributed by atoms with Gasteiger partial charge in [-0.1, -0.05) is 37.3 Å². The van der Waals surface area contributed by atoms with Gasteiger partial charge in [0.25, 0.3) is 5.91 Å². The van der Waals surface area contributed by atoms with Gasteiger partial charge in [0.15, 0.2) is 11.4 Å². The highest BCUT2D eigenvalue weighted by Gasteiger charge is 2.68. The number of Topliss-reactive ketones (excluding diaryl/α,β-unsaturated/α-hetero) is 2. The van der Waals surface area contributed by atoms with Crippen molar-refractivity contribution >= 4 is 29.5 Å². The molecule has 0 bridgehead atoms. The van der Waals surface area contributed by atoms with Crippen LogP contribution in [0.3, 0.4) is 0 Å². The van der Waals surface area contributed by atoms with Crippen molar-refractivity contribution in [3.8, 4) is 16.9 Å². The van der Waals surface area contributed by atoms with Crippen LogP contribution in [0.2, 0.25) is 0 Å². The zero-order valence-corrected chi connectivity index (χ0v) is 21.8. The zero-order chi connectivity index (χ0) is 29.4. The molecule has 7 N–H and O–H groups in total. The predicted octanol–water partition coefficient (Wildman–Crippen LogP) is 0.975. The number of likely N-dealkylation sites (N-methyl/N-ethyl adjacent to an activating group) is 1. The molecule has 3 aliphatic carbocycles. The first-order valence-electron chi connectivity index (χ1n) is 12.5. The van der Waals surface area contributed by atoms with E-state index < -0.39 is 81.4 Å². The van der Waals surface area contributed by atoms with Gasteiger partial charge < -0.3 is 31.3 Å². The SMILES string of the molecule is C[C@H]1c2ccc(-c3cccc(C=O)c3)c(O)c2C(O)=C2C(=O)[C@]3(O)C(O)=C(C(N)=O)C(=O)[C@@H](N(C)C)[C@@H]3[C@@H](O)[C@@H]21. The molecule has 0 radical (unpaired) electrons. The van der Waals surface area contributed by atoms with Crippen molar-refractivity contribution in [3.05, 3.63) is 70.0 Å². The number of aromatic hydroxyl groups is 1. The maximum Gasteiger partial charge on any atom is 0.255 e. The van der Waals surface area contributed by atoms with Crippen LogP contribution in [0.25, 0.3) is 16.9 Å². The number of benzene rings is 2. The van der Waals surface area contributed by atoms with E-state index in [0.717, 1.165) is 0 Å². The first kappa shape index (κ1) is 27.3. The highest BCUT2D eigenvalue weighted by molar-refractivity contribution is 6.24. The number of ketones is 2. The molecule has 3 aliphatic rings. The number of amides is 1. The van der Waals surface area contributed by atoms with Crippen LogP contribution >= 0.6 is 0 Å². The van der Waals surface area contributed by atoms with Gasteiger partial charge in [-0.25, -0.2) is 0 Å². The Balaban J connectivity index is 1.78. The summed E-state index contributed by atoms with van der Waals surface area (Å²) in [7, 11) is 2.89. The lowest BCUT2D eigenvalue weighted by Gasteiger charge is -2.53. The summed E-state index contributed by atoms with van der Waals surface area (Å²) in [4.78, 5) is 52.0. The molecule has 208 valence electrons. The molecule has 0 heterocycles. The number of phenols is 1. The van der Waals surface area contributed by atoms with E-state index in [1.165, 1.54) is 25.1 Å². The number of aliphatic hydroxyl groups excluding tert-OH is 3. The fraction of sp³-hybridized carbons (Fsp3) is 0.310. The van der Waals surface area contributed by atoms with Gasteiger partial charge in [0, 0.05) is 22.6 Å². The lowest BCUT2D eigenvalue weighted by molar-refractivity contribution is -0.169. The minimum absolute atomic E-state index is 0.120. The van der Waals surface area contributed by atoms with E-state index >= 15 is 0 Å². The van der Waals surface area contributed by atoms with Gasteiger partial charge in [0.1, 0.15) is 29.1 Å². The second-order valence-electron chi connectivity index (χ2n) is 10.7. The molecule has 1 fully saturated rings. The molecule has 40 heavy (non-hydrogen) atoms. The molecule has 0 saturated heterocycles. The van der Waals surface area contributed by atoms with Crippen molar-refractivity contribution in [3.63, 3.8) is 0 Å². The smallest absolute Gasteiger partial charge is 0.255 e. The number of nitrogens with two attached hydrogens (primary N) is 1. The quantitative estimate of drug-likeness (QED) is 0.236. The maximum absolute atomic E-state index is 14.1. The fourth-order valence-corrected chi connectivity index (χ4v) is 6.63. The molecule has 0 aromatic heterocycles. The monoisotopic (exact) mass is 548 g/mol. The van der Waals surface area contributed by atoms with Crippen LogP contribution < -0.4 is 5.73 Å². The fourth-order valence-electron chi connectivity index (χ4n) is 6.63. The van der Waals surface area contributed by atoms with Crippen LogP contribution in [-0.4, -0.2) is 86.0 Å². The molecule has 11 nitrogen and oxygen atoms in total. The third-order valence-electron chi connectivity index (χ3n) is 8.46. The third kappa shape index (κ3) is 3.41. The molecule has 1 saturated carbocycles. The molecule has 2 aromatic carbocycles. The van der Waals surface area contributed by atoms with Crippen LogP contribution in [0.1, 0.15) is 34.3 Å². The highest BCUT2D eigenvalue weighted by Crippen LogP contribution is 2.56. The molecule has 2 aromatic rings. The number of nitrogens with zero attached hydrogens (tertiary/aromatic N) is 1. The van der Waals surface area contributed by atoms with Crippen molar-refractivity contribution in [2.45, 2.75) is 30.6 Å². The van der Waals surface area contributed by atoms with Crippen molar-refractivity contribution < 1.29 is 44.7 Å². The lowest BCUT2D eigenvalue weighted by atomic mass is 9.54. The average molecular weight is 549 g/mol. The van der Waals surface area contributed by atoms with Crippen LogP contribution in [-0.2, 0) is 14.4 Å². The Labute approximate surface area is 228 Å². The number of carbonyl (C=O) groups is 4. The lowest BCUT2D eigenvalue weighted by Crippen LogP contribution is -2.70. The number of hydrogen-bond donors (Lipinski definition) is 6. The summed E-state index contributed by atoms with van der Waals surface area (Å²) in [6, 6.07) is 8.15. The molecule has 11 heteroatoms. The van der Waals surface area contributed by atoms with E-state index in [-0.39, 0.29) is 11.1 Å². The molecular formula is C29H28N2O9. The first-order valence-corrected chi connectivity index (χ1v) is 12.5. The number of aldehydes is 1. The Morgan fingerprint density at radius 1 is 1.10 bits per heavy atom. The standard InChI is InChI=1S/C29H28N2O9/c1-11-14-7-8-15(13-6-4-5-12(9-13)10-32)22(33)17(14)23(34)18-16(11)24(35)20-21(31(2)3)25(36)19(28(30)39)27(38)29(20,40)26(18)37/h4-11,16,20-21,24,33-35,38,40H,1-3H3,(H2,30,39)/t11-,16+,20+,21-,24-,29-/m0/s1. The van der Waals surface area contributed by atoms with Gasteiger partial charge in [0.2, 0.25) is 5.78 Å². The molecule has 6 atom stereocenters. The summed E-state index contributed by atoms with van der Waals surface area (Å²) in [5, 5.41) is 57.1. The molecule has 0 aliphatic heterocycles. The molecule has 1 amide bonds. The topological polar surface area (TPSA) is 199 Å². The number of phenolic OH excluding ortho intramolecular Hbond substituents is 1. The van der Waals surface area contributed by atoms with E-state index in [0.29, 0.717) is 23.0 Å². The summed E-state index contributed by atoms with van der Waals surface area (Å²) in [5.41, 5.74) is 2.23. The van der Waals surface area contributed by atoms with Crippen molar-refractivity contribution in [2.24, 2.45) is 17.6 Å². The van der Waals surface area contributed by atoms with Gasteiger partial charge in [-0.05, 0) is 37.2 Å². The Morgan fingerprint density at radius 2 is 1.77 bits per heavy atom. The zero-order valence-electron chi connectivity index (χ0n) is 21.8. The van der Waals surface area contributed by atoms with Gasteiger partial charge in [-0.3, -0.25) is 24.1 Å². The number of aliphatic hydroxyl groups is 4. The number of rotatable bonds is 4. The summed E-state index contributed by atoms with van der Waals surface area (Å²) in [6.07, 6.45) is -1.03. The summed E-state index contributed by atoms with van der Waals surface area (Å²) in [5.74, 6) is -9.47. The minimum atomic E-state index is -2.98. The van der Waals surface area contributed by atoms with E-state index in [1.54, 1.807) is 37.3 Å². The summed E-state index contributed by atoms with van der Waals surface area (Å²) < 4.78 is 0. The van der Waals surface area contributed by atoms with Gasteiger partial charge >= 0.3 is 0 Å². The number of hydrogen-bond acceptors (Lipinski definition) is 10. The Bertz CT molecular complexity index is 1570. The first-order chi connectivity index (χ1) is 18.8. The van der Waals surface area contributed by atoms with Crippen LogP contribution in [0.4, 0.5) is 0 Å². The maximum atomic E-state index is 14.1. The van der Waals surface area contributed by atoms with Crippen molar-refractivity contribution in [2.75, 3.05) is 14.1 Å². The van der Waals surface area contributed by atoms with Crippen LogP contribution in [0.15, 0.2) is 53.3 Å². The summed E-state index contributed by atoms with van der Waals surface area (Å²) >= 11 is 0. The second-order valence-corrected chi connectivity index (χ2v) is 10.7. The predicted molar refractivity (Wildman–Crippen MR) is 141 cm³/mol. The molecule has 0 spiro atoms. The number of fused-ring (bicyclic) bond motifs is 3. The Hall–Kier alpha value is -4.32. The number of carbonyl (C=O) groups excluding carboxylic acids is 4.